The second kappa shape index (κ2) is 3.66. The molecule has 1 aliphatic heterocycles. The third-order valence-corrected chi connectivity index (χ3v) is 4.04. The lowest BCUT2D eigenvalue weighted by Crippen LogP contribution is -2.33. The Morgan fingerprint density at radius 2 is 2.25 bits per heavy atom. The molecule has 1 fully saturated rings. The highest BCUT2D eigenvalue weighted by Gasteiger charge is 2.31. The number of carbonyl (C=O) groups excluding carboxylic acids is 1. The average molecular weight is 209 g/mol. The number of amides is 1. The van der Waals surface area contributed by atoms with Crippen LogP contribution in [0.1, 0.15) is 6.42 Å². The molecular formula is C6H11NO3S2. The van der Waals surface area contributed by atoms with E-state index in [1.165, 1.54) is 11.8 Å². The van der Waals surface area contributed by atoms with Gasteiger partial charge >= 0.3 is 0 Å². The number of carbonyl (C=O) groups is 1. The number of thioether (sulfide) groups is 1. The molecule has 0 N–H and O–H groups in total. The van der Waals surface area contributed by atoms with E-state index in [1.807, 2.05) is 0 Å². The van der Waals surface area contributed by atoms with Crippen molar-refractivity contribution < 1.29 is 13.2 Å². The minimum Gasteiger partial charge on any atom is -0.273 e. The Morgan fingerprint density at radius 3 is 2.67 bits per heavy atom. The molecule has 0 unspecified atom stereocenters. The van der Waals surface area contributed by atoms with Crippen LogP contribution in [0, 0.1) is 0 Å². The molecule has 1 amide bonds. The summed E-state index contributed by atoms with van der Waals surface area (Å²) in [5.41, 5.74) is 0. The number of nitrogens with zero attached hydrogens (tertiary/aromatic N) is 1. The SMILES string of the molecule is CSCC(=O)N1CCCS1(=O)=O. The normalized spacial score (nSPS) is 21.2. The predicted molar refractivity (Wildman–Crippen MR) is 48.5 cm³/mol. The van der Waals surface area contributed by atoms with Gasteiger partial charge < -0.3 is 0 Å². The Labute approximate surface area is 76.4 Å². The van der Waals surface area contributed by atoms with E-state index in [2.05, 4.69) is 0 Å². The quantitative estimate of drug-likeness (QED) is 0.638. The van der Waals surface area contributed by atoms with Gasteiger partial charge in [-0.15, -0.1) is 0 Å². The van der Waals surface area contributed by atoms with E-state index in [-0.39, 0.29) is 17.4 Å². The van der Waals surface area contributed by atoms with Crippen molar-refractivity contribution in [3.8, 4) is 0 Å². The number of sulfonamides is 1. The molecule has 0 saturated carbocycles. The van der Waals surface area contributed by atoms with Gasteiger partial charge in [0.1, 0.15) is 0 Å². The fourth-order valence-corrected chi connectivity index (χ4v) is 3.10. The van der Waals surface area contributed by atoms with Gasteiger partial charge in [0.05, 0.1) is 11.5 Å². The summed E-state index contributed by atoms with van der Waals surface area (Å²) in [6.45, 7) is 0.363. The van der Waals surface area contributed by atoms with Gasteiger partial charge in [-0.05, 0) is 12.7 Å². The first kappa shape index (κ1) is 9.85. The van der Waals surface area contributed by atoms with E-state index in [0.29, 0.717) is 13.0 Å². The molecular weight excluding hydrogens is 198 g/mol. The lowest BCUT2D eigenvalue weighted by atomic mass is 10.5. The van der Waals surface area contributed by atoms with Gasteiger partial charge in [-0.1, -0.05) is 0 Å². The second-order valence-electron chi connectivity index (χ2n) is 2.57. The molecule has 4 nitrogen and oxygen atoms in total. The van der Waals surface area contributed by atoms with Gasteiger partial charge in [0.2, 0.25) is 15.9 Å². The highest BCUT2D eigenvalue weighted by Crippen LogP contribution is 2.14. The summed E-state index contributed by atoms with van der Waals surface area (Å²) in [5.74, 6) is 0.0757. The van der Waals surface area contributed by atoms with Gasteiger partial charge in [0.25, 0.3) is 0 Å². The molecule has 0 aromatic carbocycles. The maximum Gasteiger partial charge on any atom is 0.246 e. The molecule has 70 valence electrons. The van der Waals surface area contributed by atoms with Gasteiger partial charge in [0, 0.05) is 6.54 Å². The Balaban J connectivity index is 2.69. The minimum atomic E-state index is -3.24. The zero-order valence-electron chi connectivity index (χ0n) is 6.82. The van der Waals surface area contributed by atoms with Crippen LogP contribution in [0.3, 0.4) is 0 Å². The molecule has 0 aromatic rings. The largest absolute Gasteiger partial charge is 0.273 e. The van der Waals surface area contributed by atoms with E-state index in [0.717, 1.165) is 4.31 Å². The van der Waals surface area contributed by atoms with E-state index < -0.39 is 10.0 Å². The van der Waals surface area contributed by atoms with Crippen molar-refractivity contribution in [3.05, 3.63) is 0 Å². The van der Waals surface area contributed by atoms with Gasteiger partial charge in [-0.2, -0.15) is 11.8 Å². The van der Waals surface area contributed by atoms with Crippen molar-refractivity contribution in [1.82, 2.24) is 4.31 Å². The van der Waals surface area contributed by atoms with Crippen molar-refractivity contribution in [2.24, 2.45) is 0 Å². The fourth-order valence-electron chi connectivity index (χ4n) is 1.12. The maximum atomic E-state index is 11.2. The van der Waals surface area contributed by atoms with E-state index in [9.17, 15) is 13.2 Å². The summed E-state index contributed by atoms with van der Waals surface area (Å²) in [6.07, 6.45) is 2.35. The molecule has 1 heterocycles. The van der Waals surface area contributed by atoms with Crippen LogP contribution in [-0.4, -0.2) is 42.9 Å². The van der Waals surface area contributed by atoms with Crippen LogP contribution < -0.4 is 0 Å². The van der Waals surface area contributed by atoms with Crippen LogP contribution in [-0.2, 0) is 14.8 Å². The average Bonchev–Trinajstić information content (AvgIpc) is 2.30. The summed E-state index contributed by atoms with van der Waals surface area (Å²) in [5, 5.41) is 0. The Kier molecular flexibility index (Phi) is 3.00. The van der Waals surface area contributed by atoms with Gasteiger partial charge in [-0.25, -0.2) is 12.7 Å². The standard InChI is InChI=1S/C6H11NO3S2/c1-11-5-6(8)7-3-2-4-12(7,9)10/h2-5H2,1H3. The smallest absolute Gasteiger partial charge is 0.246 e. The van der Waals surface area contributed by atoms with Crippen LogP contribution in [0.25, 0.3) is 0 Å². The van der Waals surface area contributed by atoms with Crippen LogP contribution in [0.2, 0.25) is 0 Å². The molecule has 0 bridgehead atoms. The molecule has 0 radical (unpaired) electrons. The minimum absolute atomic E-state index is 0.118. The Bertz CT molecular complexity index is 273. The third kappa shape index (κ3) is 1.92. The van der Waals surface area contributed by atoms with Crippen molar-refractivity contribution >= 4 is 27.7 Å². The first-order valence-electron chi connectivity index (χ1n) is 3.60. The van der Waals surface area contributed by atoms with Crippen molar-refractivity contribution in [1.29, 1.82) is 0 Å². The summed E-state index contributed by atoms with van der Waals surface area (Å²) < 4.78 is 23.3. The topological polar surface area (TPSA) is 54.5 Å². The molecule has 0 aromatic heterocycles. The predicted octanol–water partition coefficient (Wildman–Crippen LogP) is -0.0885. The Hall–Kier alpha value is -0.230. The molecule has 6 heteroatoms. The van der Waals surface area contributed by atoms with Crippen LogP contribution in [0.4, 0.5) is 0 Å². The molecule has 0 spiro atoms. The first-order chi connectivity index (χ1) is 5.58. The molecule has 0 aliphatic carbocycles. The van der Waals surface area contributed by atoms with Crippen LogP contribution in [0.5, 0.6) is 0 Å². The van der Waals surface area contributed by atoms with Gasteiger partial charge in [-0.3, -0.25) is 4.79 Å². The van der Waals surface area contributed by atoms with E-state index in [1.54, 1.807) is 6.26 Å². The Morgan fingerprint density at radius 1 is 1.58 bits per heavy atom. The van der Waals surface area contributed by atoms with E-state index in [4.69, 9.17) is 0 Å². The van der Waals surface area contributed by atoms with Crippen molar-refractivity contribution in [3.63, 3.8) is 0 Å². The number of hydrogen-bond donors (Lipinski definition) is 0. The second-order valence-corrected chi connectivity index (χ2v) is 5.45. The molecule has 1 saturated heterocycles. The maximum absolute atomic E-state index is 11.2. The first-order valence-corrected chi connectivity index (χ1v) is 6.60. The lowest BCUT2D eigenvalue weighted by Gasteiger charge is -2.13. The third-order valence-electron chi connectivity index (χ3n) is 1.65. The summed E-state index contributed by atoms with van der Waals surface area (Å²) >= 11 is 1.34. The van der Waals surface area contributed by atoms with Crippen LogP contribution >= 0.6 is 11.8 Å². The zero-order chi connectivity index (χ0) is 9.19. The molecule has 12 heavy (non-hydrogen) atoms. The fraction of sp³-hybridized carbons (Fsp3) is 0.833. The zero-order valence-corrected chi connectivity index (χ0v) is 8.45. The number of hydrogen-bond acceptors (Lipinski definition) is 4. The highest BCUT2D eigenvalue weighted by molar-refractivity contribution is 7.99. The van der Waals surface area contributed by atoms with E-state index >= 15 is 0 Å². The van der Waals surface area contributed by atoms with Crippen LogP contribution in [0.15, 0.2) is 0 Å². The lowest BCUT2D eigenvalue weighted by molar-refractivity contribution is -0.123. The van der Waals surface area contributed by atoms with Gasteiger partial charge in [0.15, 0.2) is 0 Å². The highest BCUT2D eigenvalue weighted by atomic mass is 32.2. The molecule has 1 rings (SSSR count). The monoisotopic (exact) mass is 209 g/mol. The van der Waals surface area contributed by atoms with Crippen molar-refractivity contribution in [2.45, 2.75) is 6.42 Å². The number of rotatable bonds is 2. The summed E-state index contributed by atoms with van der Waals surface area (Å²) in [7, 11) is -3.24. The van der Waals surface area contributed by atoms with Crippen molar-refractivity contribution in [2.75, 3.05) is 24.3 Å². The molecule has 1 aliphatic rings. The summed E-state index contributed by atoms with van der Waals surface area (Å²) in [6, 6.07) is 0. The molecule has 0 atom stereocenters. The summed E-state index contributed by atoms with van der Waals surface area (Å²) in [4.78, 5) is 11.2.